The molecular weight excluding hydrogens is 324 g/mol. The van der Waals surface area contributed by atoms with Gasteiger partial charge in [0.1, 0.15) is 0 Å². The summed E-state index contributed by atoms with van der Waals surface area (Å²) in [5.41, 5.74) is 2.50. The van der Waals surface area contributed by atoms with Crippen LogP contribution in [0.4, 0.5) is 0 Å². The molecule has 0 bridgehead atoms. The quantitative estimate of drug-likeness (QED) is 0.439. The fourth-order valence-corrected chi connectivity index (χ4v) is 8.92. The van der Waals surface area contributed by atoms with E-state index in [1.807, 2.05) is 0 Å². The summed E-state index contributed by atoms with van der Waals surface area (Å²) >= 11 is 0. The summed E-state index contributed by atoms with van der Waals surface area (Å²) in [6, 6.07) is 0. The molecule has 4 aliphatic rings. The Balaban J connectivity index is 1.50. The molecule has 8 atom stereocenters. The molecule has 0 heteroatoms. The molecule has 27 heavy (non-hydrogen) atoms. The molecule has 0 aliphatic heterocycles. The number of hydrogen-bond donors (Lipinski definition) is 0. The van der Waals surface area contributed by atoms with Gasteiger partial charge in [-0.3, -0.25) is 0 Å². The van der Waals surface area contributed by atoms with Gasteiger partial charge in [-0.1, -0.05) is 57.9 Å². The minimum absolute atomic E-state index is 0.621. The van der Waals surface area contributed by atoms with E-state index >= 15 is 0 Å². The zero-order chi connectivity index (χ0) is 19.2. The smallest absolute Gasteiger partial charge is 0.0264 e. The highest BCUT2D eigenvalue weighted by Gasteiger charge is 2.59. The first-order chi connectivity index (χ1) is 12.9. The van der Waals surface area contributed by atoms with Gasteiger partial charge in [0.2, 0.25) is 0 Å². The summed E-state index contributed by atoms with van der Waals surface area (Å²) in [5, 5.41) is 0. The minimum Gasteiger partial charge on any atom is -0.0961 e. The molecule has 4 saturated carbocycles. The Morgan fingerprint density at radius 2 is 1.74 bits per heavy atom. The van der Waals surface area contributed by atoms with Crippen molar-refractivity contribution in [2.75, 3.05) is 0 Å². The molecule has 152 valence electrons. The van der Waals surface area contributed by atoms with Crippen LogP contribution >= 0.6 is 0 Å². The number of hydrogen-bond acceptors (Lipinski definition) is 0. The lowest BCUT2D eigenvalue weighted by Crippen LogP contribution is -2.53. The molecule has 0 amide bonds. The van der Waals surface area contributed by atoms with Gasteiger partial charge >= 0.3 is 0 Å². The maximum absolute atomic E-state index is 4.03. The van der Waals surface area contributed by atoms with Crippen molar-refractivity contribution in [1.82, 2.24) is 0 Å². The topological polar surface area (TPSA) is 0 Å². The Morgan fingerprint density at radius 3 is 2.52 bits per heavy atom. The van der Waals surface area contributed by atoms with E-state index < -0.39 is 0 Å². The van der Waals surface area contributed by atoms with Crippen molar-refractivity contribution in [2.24, 2.45) is 46.3 Å². The van der Waals surface area contributed by atoms with E-state index in [-0.39, 0.29) is 0 Å². The third-order valence-corrected chi connectivity index (χ3v) is 10.3. The summed E-state index contributed by atoms with van der Waals surface area (Å²) in [6.07, 6.45) is 21.1. The monoisotopic (exact) mass is 368 g/mol. The minimum atomic E-state index is 0.621. The first-order valence-corrected chi connectivity index (χ1v) is 12.2. The van der Waals surface area contributed by atoms with E-state index in [0.29, 0.717) is 10.8 Å². The fourth-order valence-electron chi connectivity index (χ4n) is 8.92. The Kier molecular flexibility index (Phi) is 5.41. The van der Waals surface area contributed by atoms with Crippen molar-refractivity contribution in [3.05, 3.63) is 24.3 Å². The van der Waals surface area contributed by atoms with Crippen LogP contribution in [-0.2, 0) is 0 Å². The predicted octanol–water partition coefficient (Wildman–Crippen LogP) is 8.19. The van der Waals surface area contributed by atoms with Crippen LogP contribution in [0.5, 0.6) is 0 Å². The maximum Gasteiger partial charge on any atom is -0.0264 e. The van der Waals surface area contributed by atoms with E-state index in [0.717, 1.165) is 35.5 Å². The highest BCUT2D eigenvalue weighted by Crippen LogP contribution is 2.68. The fraction of sp³-hybridized carbons (Fsp3) is 0.852. The number of allylic oxidation sites excluding steroid dienone is 3. The molecule has 0 saturated heterocycles. The first kappa shape index (κ1) is 19.8. The van der Waals surface area contributed by atoms with Gasteiger partial charge in [0.05, 0.1) is 0 Å². The van der Waals surface area contributed by atoms with Gasteiger partial charge in [-0.2, -0.15) is 0 Å². The molecule has 0 N–H and O–H groups in total. The highest BCUT2D eigenvalue weighted by atomic mass is 14.6. The third-order valence-electron chi connectivity index (χ3n) is 10.3. The average Bonchev–Trinajstić information content (AvgIpc) is 2.98. The van der Waals surface area contributed by atoms with Crippen LogP contribution in [-0.4, -0.2) is 0 Å². The molecule has 0 aromatic heterocycles. The molecule has 0 aromatic rings. The van der Waals surface area contributed by atoms with Gasteiger partial charge in [-0.15, -0.1) is 0 Å². The molecule has 0 radical (unpaired) electrons. The van der Waals surface area contributed by atoms with Crippen LogP contribution in [0.1, 0.15) is 98.3 Å². The highest BCUT2D eigenvalue weighted by molar-refractivity contribution is 5.12. The molecular formula is C27H44. The third kappa shape index (κ3) is 3.28. The van der Waals surface area contributed by atoms with Crippen molar-refractivity contribution in [3.8, 4) is 0 Å². The Morgan fingerprint density at radius 1 is 0.963 bits per heavy atom. The number of rotatable bonds is 4. The van der Waals surface area contributed by atoms with E-state index in [1.54, 1.807) is 12.8 Å². The lowest BCUT2D eigenvalue weighted by molar-refractivity contribution is -0.114. The maximum atomic E-state index is 4.03. The molecule has 0 nitrogen and oxygen atoms in total. The van der Waals surface area contributed by atoms with Crippen molar-refractivity contribution >= 4 is 0 Å². The van der Waals surface area contributed by atoms with Crippen LogP contribution < -0.4 is 0 Å². The summed E-state index contributed by atoms with van der Waals surface area (Å²) in [6.45, 7) is 14.1. The molecule has 0 aromatic carbocycles. The van der Waals surface area contributed by atoms with Crippen LogP contribution in [0.25, 0.3) is 0 Å². The van der Waals surface area contributed by atoms with E-state index in [2.05, 4.69) is 46.4 Å². The van der Waals surface area contributed by atoms with Crippen LogP contribution in [0.15, 0.2) is 24.3 Å². The second-order valence-electron chi connectivity index (χ2n) is 11.6. The van der Waals surface area contributed by atoms with E-state index in [4.69, 9.17) is 0 Å². The van der Waals surface area contributed by atoms with E-state index in [1.165, 1.54) is 63.4 Å². The standard InChI is InChI=1S/C27H44/c1-19(2)9-8-10-20(3)23-14-15-24-22-13-12-21-11-6-7-17-26(21,4)25(22)16-18-27(23,24)5/h8-9,20-25H,1,6-7,10-18H2,2-5H3/t20-,21?,22+,23-,24+,25+,26+,27-/m1/s1. The predicted molar refractivity (Wildman–Crippen MR) is 118 cm³/mol. The van der Waals surface area contributed by atoms with Crippen molar-refractivity contribution < 1.29 is 0 Å². The van der Waals surface area contributed by atoms with Crippen molar-refractivity contribution in [2.45, 2.75) is 98.3 Å². The zero-order valence-corrected chi connectivity index (χ0v) is 18.6. The molecule has 0 heterocycles. The summed E-state index contributed by atoms with van der Waals surface area (Å²) in [4.78, 5) is 0. The Hall–Kier alpha value is -0.520. The lowest BCUT2D eigenvalue weighted by Gasteiger charge is -2.61. The Bertz CT molecular complexity index is 585. The summed E-state index contributed by atoms with van der Waals surface area (Å²) in [5.74, 6) is 5.94. The van der Waals surface area contributed by atoms with Gasteiger partial charge < -0.3 is 0 Å². The van der Waals surface area contributed by atoms with Gasteiger partial charge in [0, 0.05) is 0 Å². The number of fused-ring (bicyclic) bond motifs is 5. The summed E-state index contributed by atoms with van der Waals surface area (Å²) < 4.78 is 0. The normalized spacial score (nSPS) is 47.9. The second kappa shape index (κ2) is 7.38. The van der Waals surface area contributed by atoms with Crippen LogP contribution in [0.3, 0.4) is 0 Å². The largest absolute Gasteiger partial charge is 0.0961 e. The van der Waals surface area contributed by atoms with Gasteiger partial charge in [-0.25, -0.2) is 0 Å². The van der Waals surface area contributed by atoms with Crippen LogP contribution in [0.2, 0.25) is 0 Å². The average molecular weight is 369 g/mol. The molecule has 4 rings (SSSR count). The first-order valence-electron chi connectivity index (χ1n) is 12.2. The van der Waals surface area contributed by atoms with E-state index in [9.17, 15) is 0 Å². The molecule has 4 aliphatic carbocycles. The van der Waals surface area contributed by atoms with Crippen LogP contribution in [0, 0.1) is 46.3 Å². The molecule has 4 fully saturated rings. The van der Waals surface area contributed by atoms with Gasteiger partial charge in [0.25, 0.3) is 0 Å². The zero-order valence-electron chi connectivity index (χ0n) is 18.6. The summed E-state index contributed by atoms with van der Waals surface area (Å²) in [7, 11) is 0. The second-order valence-corrected chi connectivity index (χ2v) is 11.6. The van der Waals surface area contributed by atoms with Gasteiger partial charge in [0.15, 0.2) is 0 Å². The van der Waals surface area contributed by atoms with Crippen molar-refractivity contribution in [1.29, 1.82) is 0 Å². The lowest BCUT2D eigenvalue weighted by atomic mass is 9.44. The van der Waals surface area contributed by atoms with Gasteiger partial charge in [-0.05, 0) is 111 Å². The molecule has 1 unspecified atom stereocenters. The SMILES string of the molecule is C=C(C)C=CC[C@@H](C)[C@H]1CC[C@H]2[C@@H]3CCC4CCCC[C@]4(C)[C@H]3CC[C@]12C. The molecule has 0 spiro atoms. The Labute approximate surface area is 169 Å². The van der Waals surface area contributed by atoms with Crippen molar-refractivity contribution in [3.63, 3.8) is 0 Å².